The summed E-state index contributed by atoms with van der Waals surface area (Å²) in [6.07, 6.45) is 2.06. The van der Waals surface area contributed by atoms with Crippen LogP contribution < -0.4 is 15.4 Å². The number of amides is 2. The number of rotatable bonds is 8. The van der Waals surface area contributed by atoms with E-state index in [4.69, 9.17) is 4.74 Å². The van der Waals surface area contributed by atoms with Crippen LogP contribution in [0.15, 0.2) is 54.7 Å². The van der Waals surface area contributed by atoms with Crippen LogP contribution in [-0.2, 0) is 17.7 Å². The second-order valence-electron chi connectivity index (χ2n) is 8.93. The number of hydrogen-bond acceptors (Lipinski definition) is 7. The zero-order valence-electron chi connectivity index (χ0n) is 21.0. The van der Waals surface area contributed by atoms with Gasteiger partial charge in [-0.2, -0.15) is 13.9 Å². The van der Waals surface area contributed by atoms with Gasteiger partial charge in [0.25, 0.3) is 11.8 Å². The number of nitrogens with one attached hydrogen (secondary N) is 2. The summed E-state index contributed by atoms with van der Waals surface area (Å²) in [6.45, 7) is -3.06. The summed E-state index contributed by atoms with van der Waals surface area (Å²) in [5.74, 6) is -2.70. The molecule has 2 N–H and O–H groups in total. The first-order valence-electron chi connectivity index (χ1n) is 12.1. The van der Waals surface area contributed by atoms with Gasteiger partial charge in [0.15, 0.2) is 11.5 Å². The number of nitrogens with zero attached hydrogens (tertiary/aromatic N) is 3. The van der Waals surface area contributed by atoms with E-state index in [2.05, 4.69) is 25.5 Å². The normalized spacial score (nSPS) is 14.2. The van der Waals surface area contributed by atoms with Crippen LogP contribution in [0.1, 0.15) is 60.5 Å². The molecule has 10 nitrogen and oxygen atoms in total. The van der Waals surface area contributed by atoms with Crippen molar-refractivity contribution in [3.8, 4) is 5.75 Å². The van der Waals surface area contributed by atoms with Crippen molar-refractivity contribution in [2.45, 2.75) is 32.0 Å². The van der Waals surface area contributed by atoms with E-state index in [0.717, 1.165) is 21.8 Å². The van der Waals surface area contributed by atoms with Crippen LogP contribution in [0.5, 0.6) is 5.75 Å². The van der Waals surface area contributed by atoms with Crippen molar-refractivity contribution in [1.29, 1.82) is 0 Å². The second kappa shape index (κ2) is 11.0. The number of esters is 1. The van der Waals surface area contributed by atoms with Crippen LogP contribution >= 0.6 is 0 Å². The number of benzene rings is 2. The highest BCUT2D eigenvalue weighted by atomic mass is 19.3. The van der Waals surface area contributed by atoms with Crippen LogP contribution in [0.25, 0.3) is 5.65 Å². The van der Waals surface area contributed by atoms with Crippen molar-refractivity contribution in [3.05, 3.63) is 94.2 Å². The molecular formula is C27H22F3N5O5. The Bertz CT molecular complexity index is 1620. The van der Waals surface area contributed by atoms with Crippen molar-refractivity contribution in [2.75, 3.05) is 7.11 Å². The van der Waals surface area contributed by atoms with Gasteiger partial charge < -0.3 is 20.1 Å². The summed E-state index contributed by atoms with van der Waals surface area (Å²) >= 11 is 0. The second-order valence-corrected chi connectivity index (χ2v) is 8.93. The van der Waals surface area contributed by atoms with E-state index in [1.165, 1.54) is 31.4 Å². The van der Waals surface area contributed by atoms with Gasteiger partial charge in [0.05, 0.1) is 24.9 Å². The van der Waals surface area contributed by atoms with Gasteiger partial charge in [0.2, 0.25) is 0 Å². The molecule has 40 heavy (non-hydrogen) atoms. The third-order valence-electron chi connectivity index (χ3n) is 6.42. The zero-order chi connectivity index (χ0) is 28.4. The quantitative estimate of drug-likeness (QED) is 0.320. The SMILES string of the molecule is COC(=O)c1ccc2c(c1)CC[C@@H]2NC(=O)c1cc(C(=O)NCc2cccc(OC(F)F)c2)nc2c(F)cnn12. The lowest BCUT2D eigenvalue weighted by Gasteiger charge is -2.15. The van der Waals surface area contributed by atoms with Gasteiger partial charge in [-0.25, -0.2) is 18.7 Å². The lowest BCUT2D eigenvalue weighted by molar-refractivity contribution is -0.0499. The van der Waals surface area contributed by atoms with Crippen molar-refractivity contribution >= 4 is 23.4 Å². The fraction of sp³-hybridized carbons (Fsp3) is 0.222. The van der Waals surface area contributed by atoms with Gasteiger partial charge in [-0.3, -0.25) is 9.59 Å². The Kier molecular flexibility index (Phi) is 7.36. The first kappa shape index (κ1) is 26.7. The maximum atomic E-state index is 14.4. The van der Waals surface area contributed by atoms with Crippen LogP contribution in [0.2, 0.25) is 0 Å². The molecule has 13 heteroatoms. The highest BCUT2D eigenvalue weighted by molar-refractivity contribution is 5.98. The number of carbonyl (C=O) groups is 3. The fourth-order valence-corrected chi connectivity index (χ4v) is 4.56. The molecule has 0 unspecified atom stereocenters. The Balaban J connectivity index is 1.35. The molecule has 1 aliphatic carbocycles. The predicted molar refractivity (Wildman–Crippen MR) is 133 cm³/mol. The summed E-state index contributed by atoms with van der Waals surface area (Å²) in [4.78, 5) is 42.1. The molecule has 2 amide bonds. The molecule has 2 aromatic heterocycles. The minimum absolute atomic E-state index is 0.0676. The number of halogens is 3. The molecular weight excluding hydrogens is 531 g/mol. The summed E-state index contributed by atoms with van der Waals surface area (Å²) in [5.41, 5.74) is 1.91. The topological polar surface area (TPSA) is 124 Å². The molecule has 1 atom stereocenters. The van der Waals surface area contributed by atoms with Crippen molar-refractivity contribution in [1.82, 2.24) is 25.2 Å². The lowest BCUT2D eigenvalue weighted by atomic mass is 10.0. The zero-order valence-corrected chi connectivity index (χ0v) is 21.0. The molecule has 0 fully saturated rings. The molecule has 0 radical (unpaired) electrons. The maximum absolute atomic E-state index is 14.4. The smallest absolute Gasteiger partial charge is 0.387 e. The van der Waals surface area contributed by atoms with Gasteiger partial charge in [-0.05, 0) is 53.8 Å². The highest BCUT2D eigenvalue weighted by Gasteiger charge is 2.27. The Morgan fingerprint density at radius 2 is 1.95 bits per heavy atom. The Morgan fingerprint density at radius 1 is 1.12 bits per heavy atom. The predicted octanol–water partition coefficient (Wildman–Crippen LogP) is 3.60. The number of aromatic nitrogens is 3. The molecule has 0 saturated carbocycles. The van der Waals surface area contributed by atoms with Crippen LogP contribution in [-0.4, -0.2) is 46.1 Å². The monoisotopic (exact) mass is 553 g/mol. The number of methoxy groups -OCH3 is 1. The molecule has 0 saturated heterocycles. The van der Waals surface area contributed by atoms with Gasteiger partial charge in [0.1, 0.15) is 17.1 Å². The summed E-state index contributed by atoms with van der Waals surface area (Å²) in [6, 6.07) is 11.7. The number of carbonyl (C=O) groups excluding carboxylic acids is 3. The van der Waals surface area contributed by atoms with Crippen LogP contribution in [0.3, 0.4) is 0 Å². The van der Waals surface area contributed by atoms with E-state index in [0.29, 0.717) is 24.0 Å². The molecule has 4 aromatic rings. The number of fused-ring (bicyclic) bond motifs is 2. The van der Waals surface area contributed by atoms with Crippen molar-refractivity contribution in [3.63, 3.8) is 0 Å². The maximum Gasteiger partial charge on any atom is 0.387 e. The largest absolute Gasteiger partial charge is 0.465 e. The molecule has 0 aliphatic heterocycles. The van der Waals surface area contributed by atoms with E-state index < -0.39 is 36.3 Å². The van der Waals surface area contributed by atoms with Crippen LogP contribution in [0.4, 0.5) is 13.2 Å². The average molecular weight is 553 g/mol. The molecule has 1 aliphatic rings. The number of alkyl halides is 2. The van der Waals surface area contributed by atoms with E-state index in [1.54, 1.807) is 24.3 Å². The third-order valence-corrected chi connectivity index (χ3v) is 6.42. The fourth-order valence-electron chi connectivity index (χ4n) is 4.56. The molecule has 0 bridgehead atoms. The number of hydrogen-bond donors (Lipinski definition) is 2. The highest BCUT2D eigenvalue weighted by Crippen LogP contribution is 2.32. The first-order chi connectivity index (χ1) is 19.2. The minimum Gasteiger partial charge on any atom is -0.465 e. The summed E-state index contributed by atoms with van der Waals surface area (Å²) < 4.78 is 49.6. The van der Waals surface area contributed by atoms with E-state index in [-0.39, 0.29) is 29.3 Å². The van der Waals surface area contributed by atoms with E-state index in [9.17, 15) is 27.6 Å². The first-order valence-corrected chi connectivity index (χ1v) is 12.1. The third kappa shape index (κ3) is 5.44. The molecule has 0 spiro atoms. The molecule has 206 valence electrons. The van der Waals surface area contributed by atoms with E-state index in [1.807, 2.05) is 0 Å². The van der Waals surface area contributed by atoms with Gasteiger partial charge in [-0.1, -0.05) is 18.2 Å². The molecule has 2 aromatic carbocycles. The lowest BCUT2D eigenvalue weighted by Crippen LogP contribution is -2.30. The standard InChI is InChI=1S/C27H22F3N5O5/c1-39-26(38)16-5-7-18-15(10-16)6-8-20(18)34-25(37)22-11-21(33-23-19(28)13-32-35(22)23)24(36)31-12-14-3-2-4-17(9-14)40-27(29)30/h2-5,7,9-11,13,20,27H,6,8,12H2,1H3,(H,31,36)(H,34,37)/t20-/m0/s1. The summed E-state index contributed by atoms with van der Waals surface area (Å²) in [7, 11) is 1.30. The Morgan fingerprint density at radius 3 is 2.73 bits per heavy atom. The van der Waals surface area contributed by atoms with Gasteiger partial charge in [-0.15, -0.1) is 0 Å². The number of ether oxygens (including phenoxy) is 2. The minimum atomic E-state index is -2.99. The molecule has 5 rings (SSSR count). The summed E-state index contributed by atoms with van der Waals surface area (Å²) in [5, 5.41) is 9.35. The Hall–Kier alpha value is -4.94. The molecule has 2 heterocycles. The van der Waals surface area contributed by atoms with Crippen molar-refractivity contribution in [2.24, 2.45) is 0 Å². The van der Waals surface area contributed by atoms with Crippen LogP contribution in [0, 0.1) is 5.82 Å². The van der Waals surface area contributed by atoms with Gasteiger partial charge >= 0.3 is 12.6 Å². The van der Waals surface area contributed by atoms with E-state index >= 15 is 0 Å². The van der Waals surface area contributed by atoms with Crippen molar-refractivity contribution < 1.29 is 37.0 Å². The van der Waals surface area contributed by atoms with Gasteiger partial charge in [0, 0.05) is 12.6 Å². The number of aryl methyl sites for hydroxylation is 1. The average Bonchev–Trinajstić information content (AvgIpc) is 3.53. The Labute approximate surface area is 225 Å².